The summed E-state index contributed by atoms with van der Waals surface area (Å²) in [4.78, 5) is 27.2. The Labute approximate surface area is 177 Å². The minimum absolute atomic E-state index is 0.00188. The zero-order valence-electron chi connectivity index (χ0n) is 17.6. The normalized spacial score (nSPS) is 14.9. The van der Waals surface area contributed by atoms with Gasteiger partial charge in [-0.25, -0.2) is 4.39 Å². The lowest BCUT2D eigenvalue weighted by atomic mass is 10.1. The van der Waals surface area contributed by atoms with Crippen molar-refractivity contribution in [3.05, 3.63) is 65.5 Å². The minimum atomic E-state index is -0.738. The number of benzene rings is 2. The number of hydrogen-bond donors (Lipinski definition) is 1. The Morgan fingerprint density at radius 3 is 2.50 bits per heavy atom. The van der Waals surface area contributed by atoms with Crippen molar-refractivity contribution >= 4 is 11.8 Å². The summed E-state index contributed by atoms with van der Waals surface area (Å²) in [6.45, 7) is 3.35. The van der Waals surface area contributed by atoms with E-state index in [1.165, 1.54) is 11.0 Å². The van der Waals surface area contributed by atoms with E-state index < -0.39 is 11.9 Å². The lowest BCUT2D eigenvalue weighted by molar-refractivity contribution is -0.142. The molecular formula is C24H29FN2O3. The van der Waals surface area contributed by atoms with Crippen LogP contribution in [0.4, 0.5) is 4.39 Å². The van der Waals surface area contributed by atoms with E-state index in [-0.39, 0.29) is 31.0 Å². The maximum atomic E-state index is 14.2. The van der Waals surface area contributed by atoms with Crippen molar-refractivity contribution in [2.24, 2.45) is 0 Å². The first-order valence-corrected chi connectivity index (χ1v) is 10.5. The van der Waals surface area contributed by atoms with Crippen LogP contribution in [-0.2, 0) is 16.1 Å². The molecule has 1 atom stereocenters. The van der Waals surface area contributed by atoms with Gasteiger partial charge in [0.1, 0.15) is 17.6 Å². The minimum Gasteiger partial charge on any atom is -0.484 e. The second-order valence-electron chi connectivity index (χ2n) is 7.83. The fourth-order valence-corrected chi connectivity index (χ4v) is 3.73. The first kappa shape index (κ1) is 21.8. The van der Waals surface area contributed by atoms with Crippen molar-refractivity contribution in [1.29, 1.82) is 0 Å². The number of para-hydroxylation sites is 1. The fraction of sp³-hybridized carbons (Fsp3) is 0.417. The number of carbonyl (C=O) groups is 2. The Balaban J connectivity index is 1.73. The second-order valence-corrected chi connectivity index (χ2v) is 7.83. The van der Waals surface area contributed by atoms with Crippen molar-refractivity contribution in [1.82, 2.24) is 10.2 Å². The Hall–Kier alpha value is -2.89. The summed E-state index contributed by atoms with van der Waals surface area (Å²) in [5.41, 5.74) is 1.28. The van der Waals surface area contributed by atoms with Gasteiger partial charge < -0.3 is 15.0 Å². The molecule has 1 fully saturated rings. The fourth-order valence-electron chi connectivity index (χ4n) is 3.73. The molecule has 0 bridgehead atoms. The lowest BCUT2D eigenvalue weighted by Gasteiger charge is -2.30. The molecule has 2 aromatic carbocycles. The van der Waals surface area contributed by atoms with Gasteiger partial charge in [-0.3, -0.25) is 9.59 Å². The van der Waals surface area contributed by atoms with Gasteiger partial charge in [0.2, 0.25) is 5.91 Å². The van der Waals surface area contributed by atoms with Gasteiger partial charge in [-0.1, -0.05) is 49.2 Å². The van der Waals surface area contributed by atoms with E-state index in [1.54, 1.807) is 31.2 Å². The first-order valence-electron chi connectivity index (χ1n) is 10.5. The second kappa shape index (κ2) is 10.2. The maximum absolute atomic E-state index is 14.2. The Morgan fingerprint density at radius 2 is 1.80 bits per heavy atom. The molecule has 2 aromatic rings. The highest BCUT2D eigenvalue weighted by atomic mass is 19.1. The van der Waals surface area contributed by atoms with Crippen LogP contribution in [0.25, 0.3) is 0 Å². The Bertz CT molecular complexity index is 880. The first-order chi connectivity index (χ1) is 14.5. The average molecular weight is 413 g/mol. The maximum Gasteiger partial charge on any atom is 0.261 e. The van der Waals surface area contributed by atoms with E-state index in [4.69, 9.17) is 4.74 Å². The van der Waals surface area contributed by atoms with Crippen LogP contribution in [-0.4, -0.2) is 35.4 Å². The molecule has 0 radical (unpaired) electrons. The highest BCUT2D eigenvalue weighted by molar-refractivity contribution is 5.88. The van der Waals surface area contributed by atoms with Crippen LogP contribution >= 0.6 is 0 Å². The third kappa shape index (κ3) is 5.59. The largest absolute Gasteiger partial charge is 0.484 e. The van der Waals surface area contributed by atoms with Crippen molar-refractivity contribution in [2.45, 2.75) is 58.2 Å². The van der Waals surface area contributed by atoms with Gasteiger partial charge in [0, 0.05) is 18.2 Å². The number of amides is 2. The number of hydrogen-bond acceptors (Lipinski definition) is 3. The van der Waals surface area contributed by atoms with E-state index in [0.717, 1.165) is 31.2 Å². The van der Waals surface area contributed by atoms with Gasteiger partial charge in [-0.2, -0.15) is 0 Å². The van der Waals surface area contributed by atoms with Gasteiger partial charge in [0.25, 0.3) is 5.91 Å². The molecule has 160 valence electrons. The summed E-state index contributed by atoms with van der Waals surface area (Å²) in [5, 5.41) is 3.03. The van der Waals surface area contributed by atoms with Crippen molar-refractivity contribution < 1.29 is 18.7 Å². The summed E-state index contributed by atoms with van der Waals surface area (Å²) in [7, 11) is 0. The number of ether oxygens (including phenoxy) is 1. The molecular weight excluding hydrogens is 383 g/mol. The molecule has 0 spiro atoms. The molecule has 1 aliphatic rings. The topological polar surface area (TPSA) is 58.6 Å². The van der Waals surface area contributed by atoms with Crippen LogP contribution in [0.15, 0.2) is 48.5 Å². The molecule has 30 heavy (non-hydrogen) atoms. The number of halogens is 1. The van der Waals surface area contributed by atoms with Crippen LogP contribution in [0, 0.1) is 12.7 Å². The number of nitrogens with one attached hydrogen (secondary N) is 1. The van der Waals surface area contributed by atoms with Crippen molar-refractivity contribution in [2.75, 3.05) is 6.61 Å². The predicted octanol–water partition coefficient (Wildman–Crippen LogP) is 3.99. The standard InChI is InChI=1S/C24H29FN2O3/c1-17-9-3-8-14-22(17)30-16-23(28)27(15-19-10-4-7-13-21(19)25)18(2)24(29)26-20-11-5-6-12-20/h3-4,7-10,13-14,18,20H,5-6,11-12,15-16H2,1-2H3,(H,26,29). The number of carbonyl (C=O) groups excluding carboxylic acids is 2. The Kier molecular flexibility index (Phi) is 7.44. The van der Waals surface area contributed by atoms with Crippen LogP contribution in [0.2, 0.25) is 0 Å². The summed E-state index contributed by atoms with van der Waals surface area (Å²) in [6.07, 6.45) is 4.11. The smallest absolute Gasteiger partial charge is 0.261 e. The van der Waals surface area contributed by atoms with Gasteiger partial charge in [-0.05, 0) is 44.4 Å². The van der Waals surface area contributed by atoms with Gasteiger partial charge >= 0.3 is 0 Å². The molecule has 6 heteroatoms. The highest BCUT2D eigenvalue weighted by Crippen LogP contribution is 2.20. The van der Waals surface area contributed by atoms with Crippen LogP contribution in [0.1, 0.15) is 43.7 Å². The summed E-state index contributed by atoms with van der Waals surface area (Å²) >= 11 is 0. The van der Waals surface area contributed by atoms with E-state index in [0.29, 0.717) is 11.3 Å². The third-order valence-electron chi connectivity index (χ3n) is 5.61. The van der Waals surface area contributed by atoms with Crippen LogP contribution in [0.3, 0.4) is 0 Å². The third-order valence-corrected chi connectivity index (χ3v) is 5.61. The molecule has 3 rings (SSSR count). The van der Waals surface area contributed by atoms with E-state index in [1.807, 2.05) is 25.1 Å². The zero-order valence-corrected chi connectivity index (χ0v) is 17.6. The number of nitrogens with zero attached hydrogens (tertiary/aromatic N) is 1. The Morgan fingerprint density at radius 1 is 1.13 bits per heavy atom. The van der Waals surface area contributed by atoms with E-state index >= 15 is 0 Å². The molecule has 2 amide bonds. The van der Waals surface area contributed by atoms with Gasteiger partial charge in [0.05, 0.1) is 0 Å². The monoisotopic (exact) mass is 412 g/mol. The molecule has 0 aromatic heterocycles. The SMILES string of the molecule is Cc1ccccc1OCC(=O)N(Cc1ccccc1F)C(C)C(=O)NC1CCCC1. The molecule has 0 aliphatic heterocycles. The average Bonchev–Trinajstić information content (AvgIpc) is 3.25. The van der Waals surface area contributed by atoms with E-state index in [2.05, 4.69) is 5.32 Å². The van der Waals surface area contributed by atoms with Crippen LogP contribution < -0.4 is 10.1 Å². The molecule has 0 saturated heterocycles. The lowest BCUT2D eigenvalue weighted by Crippen LogP contribution is -2.50. The van der Waals surface area contributed by atoms with Crippen molar-refractivity contribution in [3.63, 3.8) is 0 Å². The molecule has 1 aliphatic carbocycles. The van der Waals surface area contributed by atoms with Crippen LogP contribution in [0.5, 0.6) is 5.75 Å². The highest BCUT2D eigenvalue weighted by Gasteiger charge is 2.29. The van der Waals surface area contributed by atoms with Gasteiger partial charge in [0.15, 0.2) is 6.61 Å². The number of rotatable bonds is 8. The summed E-state index contributed by atoms with van der Waals surface area (Å²) in [6, 6.07) is 13.1. The molecule has 1 unspecified atom stereocenters. The zero-order chi connectivity index (χ0) is 21.5. The summed E-state index contributed by atoms with van der Waals surface area (Å²) in [5.74, 6) is -0.378. The van der Waals surface area contributed by atoms with Crippen molar-refractivity contribution in [3.8, 4) is 5.75 Å². The molecule has 5 nitrogen and oxygen atoms in total. The molecule has 0 heterocycles. The number of aryl methyl sites for hydroxylation is 1. The van der Waals surface area contributed by atoms with Gasteiger partial charge in [-0.15, -0.1) is 0 Å². The molecule has 1 saturated carbocycles. The summed E-state index contributed by atoms with van der Waals surface area (Å²) < 4.78 is 19.9. The quantitative estimate of drug-likeness (QED) is 0.713. The predicted molar refractivity (Wildman–Crippen MR) is 113 cm³/mol. The molecule has 1 N–H and O–H groups in total. The van der Waals surface area contributed by atoms with E-state index in [9.17, 15) is 14.0 Å².